The molecule has 2 bridgehead atoms. The Morgan fingerprint density at radius 1 is 1.11 bits per heavy atom. The van der Waals surface area contributed by atoms with Crippen LogP contribution in [0, 0.1) is 6.92 Å². The monoisotopic (exact) mass is 517 g/mol. The highest BCUT2D eigenvalue weighted by molar-refractivity contribution is 7.14. The minimum Gasteiger partial charge on any atom is -0.490 e. The number of rotatable bonds is 6. The van der Waals surface area contributed by atoms with E-state index < -0.39 is 18.0 Å². The van der Waals surface area contributed by atoms with Crippen molar-refractivity contribution in [2.75, 3.05) is 0 Å². The normalized spacial score (nSPS) is 22.3. The van der Waals surface area contributed by atoms with Crippen molar-refractivity contribution in [3.05, 3.63) is 58.6 Å². The van der Waals surface area contributed by atoms with Crippen molar-refractivity contribution >= 4 is 17.2 Å². The lowest BCUT2D eigenvalue weighted by Crippen LogP contribution is -2.42. The summed E-state index contributed by atoms with van der Waals surface area (Å²) in [7, 11) is 0. The van der Waals surface area contributed by atoms with Crippen molar-refractivity contribution < 1.29 is 22.7 Å². The summed E-state index contributed by atoms with van der Waals surface area (Å²) >= 11 is 1.52. The average molecular weight is 518 g/mol. The second-order valence-electron chi connectivity index (χ2n) is 9.40. The minimum atomic E-state index is -4.62. The number of alkyl halides is 3. The van der Waals surface area contributed by atoms with E-state index in [0.717, 1.165) is 53.5 Å². The summed E-state index contributed by atoms with van der Waals surface area (Å²) in [5.74, 6) is -1.00. The molecular weight excluding hydrogens is 491 g/mol. The van der Waals surface area contributed by atoms with E-state index in [4.69, 9.17) is 4.74 Å². The molecule has 1 aromatic carbocycles. The van der Waals surface area contributed by atoms with Crippen LogP contribution < -0.4 is 15.4 Å². The molecule has 36 heavy (non-hydrogen) atoms. The van der Waals surface area contributed by atoms with Gasteiger partial charge in [0.25, 0.3) is 5.91 Å². The maximum atomic E-state index is 13.2. The lowest BCUT2D eigenvalue weighted by Gasteiger charge is -2.29. The van der Waals surface area contributed by atoms with Gasteiger partial charge in [0, 0.05) is 52.2 Å². The fraction of sp³-hybridized carbons (Fsp3) is 0.440. The summed E-state index contributed by atoms with van der Waals surface area (Å²) in [5.41, 5.74) is 1.52. The quantitative estimate of drug-likeness (QED) is 0.474. The van der Waals surface area contributed by atoms with Crippen molar-refractivity contribution in [2.45, 2.75) is 69.9 Å². The average Bonchev–Trinajstić information content (AvgIpc) is 3.42. The van der Waals surface area contributed by atoms with E-state index in [1.54, 1.807) is 25.3 Å². The standard InChI is InChI=1S/C25H26F3N5O2S/c1-13-10-29-23(36-13)16-5-15(6-20(7-16)35-21-8-18-3-4-19(9-21)33-18)22(34)32-14(2)17-11-30-24(31-12-17)25(26,27)28/h5-7,10-12,14,18-19,21,33H,3-4,8-9H2,1-2H3,(H,32,34)/t14-,18?,19?,21?/m1/s1. The molecular formula is C25H26F3N5O2S. The third kappa shape index (κ3) is 5.52. The van der Waals surface area contributed by atoms with E-state index in [1.807, 2.05) is 13.0 Å². The number of carbonyl (C=O) groups is 1. The van der Waals surface area contributed by atoms with E-state index in [9.17, 15) is 18.0 Å². The molecule has 3 atom stereocenters. The summed E-state index contributed by atoms with van der Waals surface area (Å²) in [6.45, 7) is 3.63. The molecule has 0 radical (unpaired) electrons. The Balaban J connectivity index is 1.37. The second-order valence-corrected chi connectivity index (χ2v) is 10.6. The van der Waals surface area contributed by atoms with Gasteiger partial charge in [-0.2, -0.15) is 13.2 Å². The summed E-state index contributed by atoms with van der Waals surface area (Å²) in [4.78, 5) is 25.5. The molecule has 5 rings (SSSR count). The first-order chi connectivity index (χ1) is 17.1. The van der Waals surface area contributed by atoms with Crippen LogP contribution in [-0.2, 0) is 6.18 Å². The summed E-state index contributed by atoms with van der Waals surface area (Å²) in [6.07, 6.45) is 3.54. The van der Waals surface area contributed by atoms with Crippen molar-refractivity contribution in [2.24, 2.45) is 0 Å². The fourth-order valence-corrected chi connectivity index (χ4v) is 5.53. The number of amides is 1. The SMILES string of the molecule is Cc1cnc(-c2cc(OC3CC4CCC(C3)N4)cc(C(=O)N[C@H](C)c3cnc(C(F)(F)F)nc3)c2)s1. The van der Waals surface area contributed by atoms with Gasteiger partial charge in [-0.25, -0.2) is 15.0 Å². The third-order valence-electron chi connectivity index (χ3n) is 6.54. The number of hydrogen-bond acceptors (Lipinski definition) is 7. The topological polar surface area (TPSA) is 89.0 Å². The third-order valence-corrected chi connectivity index (χ3v) is 7.50. The number of hydrogen-bond donors (Lipinski definition) is 2. The number of nitrogens with one attached hydrogen (secondary N) is 2. The zero-order valence-electron chi connectivity index (χ0n) is 19.8. The molecule has 2 saturated heterocycles. The molecule has 2 N–H and O–H groups in total. The maximum Gasteiger partial charge on any atom is 0.451 e. The molecule has 0 saturated carbocycles. The predicted octanol–water partition coefficient (Wildman–Crippen LogP) is 5.08. The summed E-state index contributed by atoms with van der Waals surface area (Å²) in [6, 6.07) is 5.70. The maximum absolute atomic E-state index is 13.2. The number of carbonyl (C=O) groups excluding carboxylic acids is 1. The van der Waals surface area contributed by atoms with E-state index in [2.05, 4.69) is 25.6 Å². The number of nitrogens with zero attached hydrogens (tertiary/aromatic N) is 3. The van der Waals surface area contributed by atoms with Gasteiger partial charge in [0.15, 0.2) is 0 Å². The number of halogens is 3. The number of aryl methyl sites for hydroxylation is 1. The van der Waals surface area contributed by atoms with Gasteiger partial charge in [-0.15, -0.1) is 11.3 Å². The van der Waals surface area contributed by atoms with Gasteiger partial charge in [-0.3, -0.25) is 4.79 Å². The Morgan fingerprint density at radius 2 is 1.81 bits per heavy atom. The number of aromatic nitrogens is 3. The Bertz CT molecular complexity index is 1240. The molecule has 2 fully saturated rings. The fourth-order valence-electron chi connectivity index (χ4n) is 4.77. The lowest BCUT2D eigenvalue weighted by atomic mass is 10.0. The van der Waals surface area contributed by atoms with E-state index in [1.165, 1.54) is 11.3 Å². The number of benzene rings is 1. The van der Waals surface area contributed by atoms with Crippen molar-refractivity contribution in [3.8, 4) is 16.3 Å². The number of fused-ring (bicyclic) bond motifs is 2. The van der Waals surface area contributed by atoms with E-state index in [-0.39, 0.29) is 12.0 Å². The van der Waals surface area contributed by atoms with Crippen LogP contribution in [0.25, 0.3) is 10.6 Å². The minimum absolute atomic E-state index is 0.0659. The summed E-state index contributed by atoms with van der Waals surface area (Å²) < 4.78 is 44.7. The molecule has 0 aliphatic carbocycles. The zero-order valence-corrected chi connectivity index (χ0v) is 20.6. The first-order valence-corrected chi connectivity index (χ1v) is 12.7. The van der Waals surface area contributed by atoms with Gasteiger partial charge in [0.1, 0.15) is 16.9 Å². The van der Waals surface area contributed by atoms with Crippen LogP contribution in [0.2, 0.25) is 0 Å². The number of thiazole rings is 1. The molecule has 3 aromatic rings. The Morgan fingerprint density at radius 3 is 2.42 bits per heavy atom. The van der Waals surface area contributed by atoms with E-state index >= 15 is 0 Å². The summed E-state index contributed by atoms with van der Waals surface area (Å²) in [5, 5.41) is 7.21. The van der Waals surface area contributed by atoms with Crippen LogP contribution in [0.4, 0.5) is 13.2 Å². The highest BCUT2D eigenvalue weighted by Crippen LogP contribution is 2.33. The molecule has 11 heteroatoms. The van der Waals surface area contributed by atoms with Gasteiger partial charge >= 0.3 is 6.18 Å². The largest absolute Gasteiger partial charge is 0.490 e. The van der Waals surface area contributed by atoms with Crippen molar-refractivity contribution in [1.29, 1.82) is 0 Å². The molecule has 190 valence electrons. The number of ether oxygens (including phenoxy) is 1. The van der Waals surface area contributed by atoms with Gasteiger partial charge in [-0.05, 0) is 57.7 Å². The molecule has 2 aromatic heterocycles. The van der Waals surface area contributed by atoms with Crippen LogP contribution in [0.5, 0.6) is 5.75 Å². The predicted molar refractivity (Wildman–Crippen MR) is 129 cm³/mol. The van der Waals surface area contributed by atoms with Crippen molar-refractivity contribution in [1.82, 2.24) is 25.6 Å². The first kappa shape index (κ1) is 24.6. The Kier molecular flexibility index (Phi) is 6.69. The molecule has 2 unspecified atom stereocenters. The Hall–Kier alpha value is -3.05. The van der Waals surface area contributed by atoms with Crippen molar-refractivity contribution in [3.63, 3.8) is 0 Å². The van der Waals surface area contributed by atoms with Crippen LogP contribution in [0.1, 0.15) is 65.3 Å². The van der Waals surface area contributed by atoms with Gasteiger partial charge in [0.2, 0.25) is 5.82 Å². The molecule has 1 amide bonds. The molecule has 2 aliphatic rings. The van der Waals surface area contributed by atoms with Gasteiger partial charge < -0.3 is 15.4 Å². The molecule has 4 heterocycles. The van der Waals surface area contributed by atoms with Crippen LogP contribution in [-0.4, -0.2) is 39.0 Å². The van der Waals surface area contributed by atoms with Gasteiger partial charge in [-0.1, -0.05) is 0 Å². The van der Waals surface area contributed by atoms with E-state index in [0.29, 0.717) is 29.0 Å². The number of piperidine rings is 1. The zero-order chi connectivity index (χ0) is 25.4. The lowest BCUT2D eigenvalue weighted by molar-refractivity contribution is -0.145. The molecule has 0 spiro atoms. The van der Waals surface area contributed by atoms with Crippen LogP contribution in [0.3, 0.4) is 0 Å². The molecule has 2 aliphatic heterocycles. The highest BCUT2D eigenvalue weighted by Gasteiger charge is 2.35. The van der Waals surface area contributed by atoms with Crippen LogP contribution >= 0.6 is 11.3 Å². The first-order valence-electron chi connectivity index (χ1n) is 11.8. The Labute approximate surface area is 210 Å². The smallest absolute Gasteiger partial charge is 0.451 e. The highest BCUT2D eigenvalue weighted by atomic mass is 32.1. The van der Waals surface area contributed by atoms with Crippen LogP contribution in [0.15, 0.2) is 36.8 Å². The molecule has 7 nitrogen and oxygen atoms in total. The second kappa shape index (κ2) is 9.78. The van der Waals surface area contributed by atoms with Gasteiger partial charge in [0.05, 0.1) is 6.04 Å².